The van der Waals surface area contributed by atoms with E-state index in [9.17, 15) is 0 Å². The largest absolute Gasteiger partial charge is 0.326 e. The van der Waals surface area contributed by atoms with Crippen molar-refractivity contribution in [3.63, 3.8) is 0 Å². The van der Waals surface area contributed by atoms with Gasteiger partial charge in [0.2, 0.25) is 0 Å². The number of hydrogen-bond acceptors (Lipinski definition) is 3. The lowest BCUT2D eigenvalue weighted by Gasteiger charge is -2.25. The molecular weight excluding hydrogens is 102 g/mol. The van der Waals surface area contributed by atoms with Crippen LogP contribution >= 0.6 is 0 Å². The average molecular weight is 115 g/mol. The number of nitrogens with two attached hydrogens (primary N) is 2. The molecule has 2 atom stereocenters. The van der Waals surface area contributed by atoms with Gasteiger partial charge in [0.15, 0.2) is 0 Å². The van der Waals surface area contributed by atoms with Gasteiger partial charge in [-0.1, -0.05) is 0 Å². The standard InChI is InChI=1S/C5H13N3/c6-4-1-2-8-3-5(4)7/h4-5,8H,1-3,6-7H2. The summed E-state index contributed by atoms with van der Waals surface area (Å²) in [7, 11) is 0. The fourth-order valence-electron chi connectivity index (χ4n) is 0.903. The van der Waals surface area contributed by atoms with E-state index in [0.29, 0.717) is 0 Å². The van der Waals surface area contributed by atoms with Crippen molar-refractivity contribution < 1.29 is 0 Å². The van der Waals surface area contributed by atoms with E-state index in [0.717, 1.165) is 19.5 Å². The molecule has 5 N–H and O–H groups in total. The number of hydrogen-bond donors (Lipinski definition) is 3. The first kappa shape index (κ1) is 6.01. The van der Waals surface area contributed by atoms with Crippen LogP contribution in [-0.2, 0) is 0 Å². The first-order valence-corrected chi connectivity index (χ1v) is 3.02. The molecule has 0 amide bonds. The number of nitrogens with one attached hydrogen (secondary N) is 1. The molecule has 0 aliphatic carbocycles. The predicted molar refractivity (Wildman–Crippen MR) is 33.4 cm³/mol. The van der Waals surface area contributed by atoms with Gasteiger partial charge in [0.1, 0.15) is 0 Å². The SMILES string of the molecule is NC1CCNCC1N. The normalized spacial score (nSPS) is 39.8. The Morgan fingerprint density at radius 2 is 2.00 bits per heavy atom. The van der Waals surface area contributed by atoms with Crippen molar-refractivity contribution in [2.45, 2.75) is 18.5 Å². The summed E-state index contributed by atoms with van der Waals surface area (Å²) in [6, 6.07) is 0.389. The lowest BCUT2D eigenvalue weighted by molar-refractivity contribution is 0.402. The van der Waals surface area contributed by atoms with Crippen LogP contribution in [0.2, 0.25) is 0 Å². The second-order valence-corrected chi connectivity index (χ2v) is 2.32. The molecule has 2 unspecified atom stereocenters. The molecule has 0 aromatic carbocycles. The van der Waals surface area contributed by atoms with E-state index in [1.807, 2.05) is 0 Å². The summed E-state index contributed by atoms with van der Waals surface area (Å²) in [5.41, 5.74) is 11.2. The molecule has 1 rings (SSSR count). The van der Waals surface area contributed by atoms with Crippen LogP contribution in [0.5, 0.6) is 0 Å². The van der Waals surface area contributed by atoms with Crippen molar-refractivity contribution >= 4 is 0 Å². The Kier molecular flexibility index (Phi) is 1.83. The highest BCUT2D eigenvalue weighted by atomic mass is 15.0. The maximum absolute atomic E-state index is 5.61. The van der Waals surface area contributed by atoms with Crippen molar-refractivity contribution in [3.05, 3.63) is 0 Å². The molecule has 0 bridgehead atoms. The monoisotopic (exact) mass is 115 g/mol. The van der Waals surface area contributed by atoms with E-state index in [4.69, 9.17) is 11.5 Å². The second-order valence-electron chi connectivity index (χ2n) is 2.32. The van der Waals surface area contributed by atoms with Gasteiger partial charge in [0.05, 0.1) is 0 Å². The van der Waals surface area contributed by atoms with Gasteiger partial charge in [0.25, 0.3) is 0 Å². The topological polar surface area (TPSA) is 64.1 Å². The van der Waals surface area contributed by atoms with Crippen LogP contribution in [0.25, 0.3) is 0 Å². The lowest BCUT2D eigenvalue weighted by atomic mass is 10.0. The zero-order valence-corrected chi connectivity index (χ0v) is 4.93. The highest BCUT2D eigenvalue weighted by Gasteiger charge is 2.15. The van der Waals surface area contributed by atoms with Crippen LogP contribution < -0.4 is 16.8 Å². The van der Waals surface area contributed by atoms with Gasteiger partial charge in [0, 0.05) is 18.6 Å². The summed E-state index contributed by atoms with van der Waals surface area (Å²) in [4.78, 5) is 0. The molecular formula is C5H13N3. The van der Waals surface area contributed by atoms with Crippen molar-refractivity contribution in [2.75, 3.05) is 13.1 Å². The predicted octanol–water partition coefficient (Wildman–Crippen LogP) is -1.37. The summed E-state index contributed by atoms with van der Waals surface area (Å²) in [6.45, 7) is 1.90. The van der Waals surface area contributed by atoms with Gasteiger partial charge in [-0.2, -0.15) is 0 Å². The summed E-state index contributed by atoms with van der Waals surface area (Å²) in [6.07, 6.45) is 1.02. The Balaban J connectivity index is 2.28. The highest BCUT2D eigenvalue weighted by Crippen LogP contribution is 1.95. The Hall–Kier alpha value is -0.120. The Bertz CT molecular complexity index is 64.1. The molecule has 48 valence electrons. The third-order valence-corrected chi connectivity index (χ3v) is 1.58. The van der Waals surface area contributed by atoms with Gasteiger partial charge < -0.3 is 16.8 Å². The summed E-state index contributed by atoms with van der Waals surface area (Å²) >= 11 is 0. The first-order chi connectivity index (χ1) is 3.80. The molecule has 0 aromatic rings. The average Bonchev–Trinajstić information content (AvgIpc) is 1.77. The minimum Gasteiger partial charge on any atom is -0.326 e. The van der Waals surface area contributed by atoms with Gasteiger partial charge in [-0.15, -0.1) is 0 Å². The Morgan fingerprint density at radius 3 is 2.38 bits per heavy atom. The maximum Gasteiger partial charge on any atom is 0.0319 e. The van der Waals surface area contributed by atoms with Crippen LogP contribution in [0.3, 0.4) is 0 Å². The molecule has 1 aliphatic heterocycles. The zero-order valence-electron chi connectivity index (χ0n) is 4.93. The minimum atomic E-state index is 0.170. The van der Waals surface area contributed by atoms with Crippen molar-refractivity contribution in [2.24, 2.45) is 11.5 Å². The summed E-state index contributed by atoms with van der Waals surface area (Å²) < 4.78 is 0. The Morgan fingerprint density at radius 1 is 1.25 bits per heavy atom. The van der Waals surface area contributed by atoms with Crippen LogP contribution in [0.1, 0.15) is 6.42 Å². The molecule has 1 aliphatic rings. The fraction of sp³-hybridized carbons (Fsp3) is 1.00. The molecule has 3 nitrogen and oxygen atoms in total. The number of rotatable bonds is 0. The van der Waals surface area contributed by atoms with Gasteiger partial charge in [-0.25, -0.2) is 0 Å². The van der Waals surface area contributed by atoms with Crippen LogP contribution in [0.15, 0.2) is 0 Å². The second kappa shape index (κ2) is 2.44. The van der Waals surface area contributed by atoms with Gasteiger partial charge in [-0.05, 0) is 13.0 Å². The zero-order chi connectivity index (χ0) is 5.98. The molecule has 0 spiro atoms. The van der Waals surface area contributed by atoms with Crippen molar-refractivity contribution in [1.29, 1.82) is 0 Å². The fourth-order valence-corrected chi connectivity index (χ4v) is 0.903. The van der Waals surface area contributed by atoms with Crippen molar-refractivity contribution in [1.82, 2.24) is 5.32 Å². The van der Waals surface area contributed by atoms with Gasteiger partial charge in [-0.3, -0.25) is 0 Å². The molecule has 0 saturated carbocycles. The smallest absolute Gasteiger partial charge is 0.0319 e. The lowest BCUT2D eigenvalue weighted by Crippen LogP contribution is -2.53. The molecule has 1 fully saturated rings. The van der Waals surface area contributed by atoms with Crippen LogP contribution in [0, 0.1) is 0 Å². The molecule has 1 saturated heterocycles. The van der Waals surface area contributed by atoms with E-state index < -0.39 is 0 Å². The molecule has 0 aromatic heterocycles. The minimum absolute atomic E-state index is 0.170. The summed E-state index contributed by atoms with van der Waals surface area (Å²) in [5.74, 6) is 0. The van der Waals surface area contributed by atoms with Gasteiger partial charge >= 0.3 is 0 Å². The molecule has 0 radical (unpaired) electrons. The van der Waals surface area contributed by atoms with E-state index >= 15 is 0 Å². The van der Waals surface area contributed by atoms with E-state index in [2.05, 4.69) is 5.32 Å². The van der Waals surface area contributed by atoms with Crippen LogP contribution in [0.4, 0.5) is 0 Å². The first-order valence-electron chi connectivity index (χ1n) is 3.02. The maximum atomic E-state index is 5.61. The summed E-state index contributed by atoms with van der Waals surface area (Å²) in [5, 5.41) is 3.16. The Labute approximate surface area is 49.4 Å². The third-order valence-electron chi connectivity index (χ3n) is 1.58. The van der Waals surface area contributed by atoms with Crippen LogP contribution in [-0.4, -0.2) is 25.2 Å². The van der Waals surface area contributed by atoms with E-state index in [-0.39, 0.29) is 12.1 Å². The number of piperidine rings is 1. The molecule has 1 heterocycles. The molecule has 3 heteroatoms. The van der Waals surface area contributed by atoms with Crippen molar-refractivity contribution in [3.8, 4) is 0 Å². The quantitative estimate of drug-likeness (QED) is 0.365. The highest BCUT2D eigenvalue weighted by molar-refractivity contribution is 4.82. The third kappa shape index (κ3) is 1.18. The van der Waals surface area contributed by atoms with E-state index in [1.165, 1.54) is 0 Å². The van der Waals surface area contributed by atoms with E-state index in [1.54, 1.807) is 0 Å². The molecule has 8 heavy (non-hydrogen) atoms.